The fourth-order valence-electron chi connectivity index (χ4n) is 1.56. The second kappa shape index (κ2) is 6.03. The van der Waals surface area contributed by atoms with E-state index in [4.69, 9.17) is 0 Å². The molecule has 1 N–H and O–H groups in total. The van der Waals surface area contributed by atoms with Gasteiger partial charge in [-0.3, -0.25) is 4.79 Å². The van der Waals surface area contributed by atoms with Crippen molar-refractivity contribution in [2.45, 2.75) is 33.1 Å². The third kappa shape index (κ3) is 4.68. The van der Waals surface area contributed by atoms with Crippen LogP contribution in [0.5, 0.6) is 0 Å². The molecule has 4 nitrogen and oxygen atoms in total. The molecule has 0 spiro atoms. The number of aryl methyl sites for hydroxylation is 2. The molecule has 0 aromatic heterocycles. The van der Waals surface area contributed by atoms with Crippen LogP contribution >= 0.6 is 0 Å². The first-order valence-corrected chi connectivity index (χ1v) is 5.56. The Morgan fingerprint density at radius 1 is 1.24 bits per heavy atom. The summed E-state index contributed by atoms with van der Waals surface area (Å²) in [5.74, 6) is -1.29. The van der Waals surface area contributed by atoms with Crippen molar-refractivity contribution in [2.24, 2.45) is 0 Å². The number of aliphatic carboxylic acids is 1. The maximum Gasteiger partial charge on any atom is 0.224 e. The fourth-order valence-corrected chi connectivity index (χ4v) is 1.56. The Balaban J connectivity index is 2.48. The molecule has 0 fully saturated rings. The van der Waals surface area contributed by atoms with Crippen LogP contribution in [0.3, 0.4) is 0 Å². The van der Waals surface area contributed by atoms with Gasteiger partial charge in [0.1, 0.15) is 0 Å². The molecule has 92 valence electrons. The first kappa shape index (κ1) is 13.2. The Kier molecular flexibility index (Phi) is 4.69. The Labute approximate surface area is 101 Å². The molecule has 0 saturated carbocycles. The number of hydrogen-bond acceptors (Lipinski definition) is 3. The molecule has 0 saturated heterocycles. The van der Waals surface area contributed by atoms with E-state index < -0.39 is 5.97 Å². The Hall–Kier alpha value is -1.84. The normalized spacial score (nSPS) is 10.0. The zero-order chi connectivity index (χ0) is 12.8. The molecule has 1 aromatic carbocycles. The van der Waals surface area contributed by atoms with Crippen LogP contribution < -0.4 is 10.4 Å². The van der Waals surface area contributed by atoms with E-state index in [1.807, 2.05) is 32.0 Å². The summed E-state index contributed by atoms with van der Waals surface area (Å²) in [7, 11) is 0. The van der Waals surface area contributed by atoms with Crippen LogP contribution in [0.4, 0.5) is 5.69 Å². The van der Waals surface area contributed by atoms with Gasteiger partial charge < -0.3 is 15.2 Å². The highest BCUT2D eigenvalue weighted by Crippen LogP contribution is 2.16. The van der Waals surface area contributed by atoms with Crippen molar-refractivity contribution in [2.75, 3.05) is 5.32 Å². The third-order valence-electron chi connectivity index (χ3n) is 2.44. The quantitative estimate of drug-likeness (QED) is 0.831. The van der Waals surface area contributed by atoms with E-state index in [0.29, 0.717) is 6.42 Å². The lowest BCUT2D eigenvalue weighted by atomic mass is 10.1. The second-order valence-corrected chi connectivity index (χ2v) is 4.09. The molecule has 1 amide bonds. The van der Waals surface area contributed by atoms with E-state index >= 15 is 0 Å². The van der Waals surface area contributed by atoms with Gasteiger partial charge in [0.25, 0.3) is 0 Å². The third-order valence-corrected chi connectivity index (χ3v) is 2.44. The number of amides is 1. The first-order valence-electron chi connectivity index (χ1n) is 5.56. The Morgan fingerprint density at radius 3 is 2.53 bits per heavy atom. The topological polar surface area (TPSA) is 69.2 Å². The molecule has 1 aromatic rings. The van der Waals surface area contributed by atoms with Crippen molar-refractivity contribution in [3.05, 3.63) is 29.3 Å². The first-order chi connectivity index (χ1) is 7.99. The van der Waals surface area contributed by atoms with Crippen molar-refractivity contribution >= 4 is 17.6 Å². The van der Waals surface area contributed by atoms with Crippen LogP contribution in [0.1, 0.15) is 30.4 Å². The number of carboxylic acid groups (broad SMARTS) is 1. The van der Waals surface area contributed by atoms with E-state index in [1.54, 1.807) is 0 Å². The fraction of sp³-hybridized carbons (Fsp3) is 0.385. The van der Waals surface area contributed by atoms with Gasteiger partial charge in [-0.15, -0.1) is 0 Å². The highest BCUT2D eigenvalue weighted by Gasteiger charge is 2.04. The molecule has 0 bridgehead atoms. The van der Waals surface area contributed by atoms with Crippen LogP contribution in [0.2, 0.25) is 0 Å². The van der Waals surface area contributed by atoms with Crippen molar-refractivity contribution in [3.63, 3.8) is 0 Å². The lowest BCUT2D eigenvalue weighted by molar-refractivity contribution is -0.305. The molecular formula is C13H16NO3-. The Bertz CT molecular complexity index is 427. The van der Waals surface area contributed by atoms with Crippen molar-refractivity contribution in [1.29, 1.82) is 0 Å². The van der Waals surface area contributed by atoms with Gasteiger partial charge in [0, 0.05) is 18.1 Å². The highest BCUT2D eigenvalue weighted by atomic mass is 16.4. The van der Waals surface area contributed by atoms with E-state index in [0.717, 1.165) is 16.8 Å². The van der Waals surface area contributed by atoms with Gasteiger partial charge in [-0.05, 0) is 38.3 Å². The summed E-state index contributed by atoms with van der Waals surface area (Å²) in [6, 6.07) is 5.75. The molecule has 0 aliphatic rings. The van der Waals surface area contributed by atoms with Crippen LogP contribution in [0.25, 0.3) is 0 Å². The molecule has 0 aliphatic carbocycles. The van der Waals surface area contributed by atoms with E-state index in [2.05, 4.69) is 5.32 Å². The van der Waals surface area contributed by atoms with Gasteiger partial charge in [-0.2, -0.15) is 0 Å². The number of hydrogen-bond donors (Lipinski definition) is 1. The van der Waals surface area contributed by atoms with Crippen molar-refractivity contribution < 1.29 is 14.7 Å². The molecular weight excluding hydrogens is 218 g/mol. The minimum absolute atomic E-state index is 0.0830. The molecule has 0 unspecified atom stereocenters. The zero-order valence-corrected chi connectivity index (χ0v) is 10.1. The summed E-state index contributed by atoms with van der Waals surface area (Å²) >= 11 is 0. The monoisotopic (exact) mass is 234 g/mol. The van der Waals surface area contributed by atoms with Gasteiger partial charge in [0.2, 0.25) is 5.91 Å². The number of carbonyl (C=O) groups excluding carboxylic acids is 2. The summed E-state index contributed by atoms with van der Waals surface area (Å²) < 4.78 is 0. The summed E-state index contributed by atoms with van der Waals surface area (Å²) in [4.78, 5) is 21.7. The predicted molar refractivity (Wildman–Crippen MR) is 63.4 cm³/mol. The minimum atomic E-state index is -1.12. The lowest BCUT2D eigenvalue weighted by Crippen LogP contribution is -2.22. The van der Waals surface area contributed by atoms with Gasteiger partial charge in [0.15, 0.2) is 0 Å². The van der Waals surface area contributed by atoms with Gasteiger partial charge in [-0.1, -0.05) is 17.7 Å². The smallest absolute Gasteiger partial charge is 0.224 e. The standard InChI is InChI=1S/C13H17NO3/c1-9-6-7-11(10(2)8-9)14-12(15)4-3-5-13(16)17/h6-8H,3-5H2,1-2H3,(H,14,15)(H,16,17)/p-1. The van der Waals surface area contributed by atoms with Crippen LogP contribution in [0.15, 0.2) is 18.2 Å². The summed E-state index contributed by atoms with van der Waals surface area (Å²) in [5.41, 5.74) is 2.91. The lowest BCUT2D eigenvalue weighted by Gasteiger charge is -2.09. The molecule has 0 radical (unpaired) electrons. The summed E-state index contributed by atoms with van der Waals surface area (Å²) in [6.45, 7) is 3.91. The highest BCUT2D eigenvalue weighted by molar-refractivity contribution is 5.91. The number of benzene rings is 1. The van der Waals surface area contributed by atoms with Crippen molar-refractivity contribution in [3.8, 4) is 0 Å². The number of rotatable bonds is 5. The molecule has 0 aliphatic heterocycles. The molecule has 4 heteroatoms. The number of carboxylic acids is 1. The number of nitrogens with one attached hydrogen (secondary N) is 1. The molecule has 0 heterocycles. The molecule has 17 heavy (non-hydrogen) atoms. The van der Waals surface area contributed by atoms with Gasteiger partial charge in [0.05, 0.1) is 0 Å². The van der Waals surface area contributed by atoms with Crippen molar-refractivity contribution in [1.82, 2.24) is 0 Å². The summed E-state index contributed by atoms with van der Waals surface area (Å²) in [5, 5.41) is 12.9. The van der Waals surface area contributed by atoms with E-state index in [-0.39, 0.29) is 18.7 Å². The zero-order valence-electron chi connectivity index (χ0n) is 10.1. The van der Waals surface area contributed by atoms with Gasteiger partial charge >= 0.3 is 0 Å². The minimum Gasteiger partial charge on any atom is -0.550 e. The van der Waals surface area contributed by atoms with Crippen LogP contribution in [-0.4, -0.2) is 11.9 Å². The maximum atomic E-state index is 11.5. The maximum absolute atomic E-state index is 11.5. The van der Waals surface area contributed by atoms with Crippen LogP contribution in [0, 0.1) is 13.8 Å². The van der Waals surface area contributed by atoms with Crippen LogP contribution in [-0.2, 0) is 9.59 Å². The SMILES string of the molecule is Cc1ccc(NC(=O)CCCC(=O)[O-])c(C)c1. The molecule has 0 atom stereocenters. The molecule has 1 rings (SSSR count). The average Bonchev–Trinajstić information content (AvgIpc) is 2.21. The average molecular weight is 234 g/mol. The number of carbonyl (C=O) groups is 2. The van der Waals surface area contributed by atoms with E-state index in [9.17, 15) is 14.7 Å². The predicted octanol–water partition coefficient (Wildman–Crippen LogP) is 1.16. The Morgan fingerprint density at radius 2 is 1.94 bits per heavy atom. The van der Waals surface area contributed by atoms with E-state index in [1.165, 1.54) is 0 Å². The largest absolute Gasteiger partial charge is 0.550 e. The summed E-state index contributed by atoms with van der Waals surface area (Å²) in [6.07, 6.45) is 0.417. The second-order valence-electron chi connectivity index (χ2n) is 4.09. The van der Waals surface area contributed by atoms with Gasteiger partial charge in [-0.25, -0.2) is 0 Å². The number of anilines is 1.